The van der Waals surface area contributed by atoms with Crippen LogP contribution < -0.4 is 10.5 Å². The summed E-state index contributed by atoms with van der Waals surface area (Å²) in [5.41, 5.74) is 8.02. The summed E-state index contributed by atoms with van der Waals surface area (Å²) in [7, 11) is 1.96. The normalized spacial score (nSPS) is 18.6. The fraction of sp³-hybridized carbons (Fsp3) is 0.571. The van der Waals surface area contributed by atoms with E-state index in [-0.39, 0.29) is 5.54 Å². The van der Waals surface area contributed by atoms with E-state index in [4.69, 9.17) is 10.5 Å². The number of hydrogen-bond acceptors (Lipinski definition) is 4. The average molecular weight is 260 g/mol. The molecule has 3 rings (SSSR count). The quantitative estimate of drug-likeness (QED) is 0.916. The van der Waals surface area contributed by atoms with Crippen molar-refractivity contribution >= 4 is 11.0 Å². The Balaban J connectivity index is 1.78. The maximum Gasteiger partial charge on any atom is 0.242 e. The zero-order chi connectivity index (χ0) is 13.3. The molecular formula is C14H20N4O. The van der Waals surface area contributed by atoms with Gasteiger partial charge in [-0.3, -0.25) is 0 Å². The van der Waals surface area contributed by atoms with Crippen LogP contribution in [0.25, 0.3) is 11.0 Å². The van der Waals surface area contributed by atoms with Crippen molar-refractivity contribution in [2.75, 3.05) is 6.61 Å². The van der Waals surface area contributed by atoms with Crippen molar-refractivity contribution in [1.29, 1.82) is 0 Å². The molecule has 5 nitrogen and oxygen atoms in total. The number of nitrogens with zero attached hydrogens (tertiary/aromatic N) is 3. The molecule has 0 saturated heterocycles. The van der Waals surface area contributed by atoms with Gasteiger partial charge < -0.3 is 15.0 Å². The third-order valence-electron chi connectivity index (χ3n) is 3.96. The van der Waals surface area contributed by atoms with Gasteiger partial charge in [0.25, 0.3) is 0 Å². The Morgan fingerprint density at radius 1 is 1.32 bits per heavy atom. The zero-order valence-corrected chi connectivity index (χ0v) is 11.3. The summed E-state index contributed by atoms with van der Waals surface area (Å²) in [6.45, 7) is 0.523. The molecule has 0 amide bonds. The summed E-state index contributed by atoms with van der Waals surface area (Å²) in [5, 5.41) is 0. The fourth-order valence-electron chi connectivity index (χ4n) is 2.76. The van der Waals surface area contributed by atoms with Crippen molar-refractivity contribution in [2.45, 2.75) is 37.6 Å². The van der Waals surface area contributed by atoms with E-state index < -0.39 is 0 Å². The molecule has 0 aliphatic heterocycles. The Hall–Kier alpha value is -1.62. The molecule has 1 fully saturated rings. The monoisotopic (exact) mass is 260 g/mol. The molecule has 1 aliphatic carbocycles. The zero-order valence-electron chi connectivity index (χ0n) is 11.3. The van der Waals surface area contributed by atoms with Crippen molar-refractivity contribution in [3.05, 3.63) is 18.6 Å². The van der Waals surface area contributed by atoms with Crippen LogP contribution in [0.2, 0.25) is 0 Å². The van der Waals surface area contributed by atoms with E-state index >= 15 is 0 Å². The third kappa shape index (κ3) is 2.42. The highest BCUT2D eigenvalue weighted by Gasteiger charge is 2.28. The molecule has 1 aliphatic rings. The Kier molecular flexibility index (Phi) is 3.14. The van der Waals surface area contributed by atoms with E-state index in [0.717, 1.165) is 23.9 Å². The Morgan fingerprint density at radius 2 is 2.11 bits per heavy atom. The molecular weight excluding hydrogens is 240 g/mol. The Bertz CT molecular complexity index is 572. The number of fused-ring (bicyclic) bond motifs is 1. The molecule has 0 bridgehead atoms. The second kappa shape index (κ2) is 4.81. The smallest absolute Gasteiger partial charge is 0.242 e. The highest BCUT2D eigenvalue weighted by atomic mass is 16.5. The Morgan fingerprint density at radius 3 is 2.89 bits per heavy atom. The Labute approximate surface area is 112 Å². The van der Waals surface area contributed by atoms with E-state index in [1.54, 1.807) is 12.5 Å². The first kappa shape index (κ1) is 12.4. The number of pyridine rings is 1. The summed E-state index contributed by atoms with van der Waals surface area (Å²) >= 11 is 0. The molecule has 5 heteroatoms. The lowest BCUT2D eigenvalue weighted by Gasteiger charge is -2.32. The average Bonchev–Trinajstić information content (AvgIpc) is 2.80. The third-order valence-corrected chi connectivity index (χ3v) is 3.96. The highest BCUT2D eigenvalue weighted by Crippen LogP contribution is 2.28. The van der Waals surface area contributed by atoms with Crippen molar-refractivity contribution in [3.63, 3.8) is 0 Å². The van der Waals surface area contributed by atoms with Gasteiger partial charge in [-0.1, -0.05) is 19.3 Å². The van der Waals surface area contributed by atoms with E-state index in [1.807, 2.05) is 17.7 Å². The van der Waals surface area contributed by atoms with Gasteiger partial charge in [-0.05, 0) is 18.9 Å². The van der Waals surface area contributed by atoms with Crippen molar-refractivity contribution in [3.8, 4) is 5.88 Å². The summed E-state index contributed by atoms with van der Waals surface area (Å²) in [6, 6.07) is 1.94. The van der Waals surface area contributed by atoms with E-state index in [2.05, 4.69) is 9.97 Å². The van der Waals surface area contributed by atoms with Crippen LogP contribution in [0.1, 0.15) is 32.1 Å². The topological polar surface area (TPSA) is 66.0 Å². The van der Waals surface area contributed by atoms with Crippen LogP contribution in [0.4, 0.5) is 0 Å². The van der Waals surface area contributed by atoms with Crippen LogP contribution in [-0.2, 0) is 7.05 Å². The first-order valence-electron chi connectivity index (χ1n) is 6.86. The van der Waals surface area contributed by atoms with Crippen LogP contribution in [-0.4, -0.2) is 26.7 Å². The highest BCUT2D eigenvalue weighted by molar-refractivity contribution is 5.79. The minimum Gasteiger partial charge on any atom is -0.474 e. The number of aromatic nitrogens is 3. The van der Waals surface area contributed by atoms with E-state index in [9.17, 15) is 0 Å². The van der Waals surface area contributed by atoms with E-state index in [0.29, 0.717) is 12.5 Å². The van der Waals surface area contributed by atoms with Gasteiger partial charge in [-0.25, -0.2) is 9.97 Å². The van der Waals surface area contributed by atoms with Crippen LogP contribution in [0.5, 0.6) is 5.88 Å². The lowest BCUT2D eigenvalue weighted by Crippen LogP contribution is -2.47. The van der Waals surface area contributed by atoms with Crippen LogP contribution >= 0.6 is 0 Å². The molecule has 2 N–H and O–H groups in total. The number of ether oxygens (including phenoxy) is 1. The van der Waals surface area contributed by atoms with Crippen molar-refractivity contribution < 1.29 is 4.74 Å². The second-order valence-corrected chi connectivity index (χ2v) is 5.55. The van der Waals surface area contributed by atoms with Gasteiger partial charge in [0.05, 0.1) is 17.4 Å². The van der Waals surface area contributed by atoms with Gasteiger partial charge in [0, 0.05) is 13.2 Å². The number of imidazole rings is 1. The lowest BCUT2D eigenvalue weighted by molar-refractivity contribution is 0.170. The summed E-state index contributed by atoms with van der Waals surface area (Å²) in [5.74, 6) is 0.591. The first-order valence-corrected chi connectivity index (χ1v) is 6.86. The van der Waals surface area contributed by atoms with Crippen LogP contribution in [0.15, 0.2) is 18.6 Å². The second-order valence-electron chi connectivity index (χ2n) is 5.55. The number of nitrogens with two attached hydrogens (primary N) is 1. The number of rotatable bonds is 3. The standard InChI is InChI=1S/C14H20N4O/c1-18-10-17-12-11(18)5-8-16-13(12)19-9-14(15)6-3-2-4-7-14/h5,8,10H,2-4,6-7,9,15H2,1H3. The molecule has 2 heterocycles. The van der Waals surface area contributed by atoms with Crippen LogP contribution in [0, 0.1) is 0 Å². The lowest BCUT2D eigenvalue weighted by atomic mass is 9.83. The minimum atomic E-state index is -0.198. The summed E-state index contributed by atoms with van der Waals surface area (Å²) in [6.07, 6.45) is 9.27. The largest absolute Gasteiger partial charge is 0.474 e. The molecule has 102 valence electrons. The van der Waals surface area contributed by atoms with Gasteiger partial charge in [-0.15, -0.1) is 0 Å². The van der Waals surface area contributed by atoms with Gasteiger partial charge in [0.1, 0.15) is 6.61 Å². The van der Waals surface area contributed by atoms with Crippen molar-refractivity contribution in [2.24, 2.45) is 12.8 Å². The number of hydrogen-bond donors (Lipinski definition) is 1. The van der Waals surface area contributed by atoms with Crippen LogP contribution in [0.3, 0.4) is 0 Å². The molecule has 0 radical (unpaired) electrons. The van der Waals surface area contributed by atoms with Crippen molar-refractivity contribution in [1.82, 2.24) is 14.5 Å². The molecule has 0 atom stereocenters. The summed E-state index contributed by atoms with van der Waals surface area (Å²) < 4.78 is 7.82. The maximum absolute atomic E-state index is 6.38. The molecule has 0 aromatic carbocycles. The SMILES string of the molecule is Cn1cnc2c(OCC3(N)CCCCC3)nccc21. The summed E-state index contributed by atoms with van der Waals surface area (Å²) in [4.78, 5) is 8.62. The van der Waals surface area contributed by atoms with Gasteiger partial charge in [0.15, 0.2) is 5.52 Å². The fourth-order valence-corrected chi connectivity index (χ4v) is 2.76. The van der Waals surface area contributed by atoms with E-state index in [1.165, 1.54) is 19.3 Å². The molecule has 1 saturated carbocycles. The van der Waals surface area contributed by atoms with Gasteiger partial charge in [-0.2, -0.15) is 0 Å². The minimum absolute atomic E-state index is 0.198. The molecule has 2 aromatic heterocycles. The van der Waals surface area contributed by atoms with Gasteiger partial charge >= 0.3 is 0 Å². The molecule has 2 aromatic rings. The predicted molar refractivity (Wildman–Crippen MR) is 74.0 cm³/mol. The number of aryl methyl sites for hydroxylation is 1. The van der Waals surface area contributed by atoms with Gasteiger partial charge in [0.2, 0.25) is 5.88 Å². The maximum atomic E-state index is 6.38. The molecule has 0 spiro atoms. The molecule has 0 unspecified atom stereocenters. The predicted octanol–water partition coefficient (Wildman–Crippen LogP) is 2.01. The molecule has 19 heavy (non-hydrogen) atoms. The first-order chi connectivity index (χ1) is 9.18.